The van der Waals surface area contributed by atoms with Crippen LogP contribution in [0.5, 0.6) is 0 Å². The summed E-state index contributed by atoms with van der Waals surface area (Å²) in [6.45, 7) is 7.38. The van der Waals surface area contributed by atoms with Crippen molar-refractivity contribution in [2.24, 2.45) is 0 Å². The van der Waals surface area contributed by atoms with Crippen LogP contribution in [-0.2, 0) is 66.6 Å². The predicted octanol–water partition coefficient (Wildman–Crippen LogP) is 4.18. The molecule has 1 aromatic carbocycles. The third kappa shape index (κ3) is 14.7. The summed E-state index contributed by atoms with van der Waals surface area (Å²) in [6.07, 6.45) is -4.11. The van der Waals surface area contributed by atoms with E-state index in [2.05, 4.69) is 6.92 Å². The molecular weight excluding hydrogens is 772 g/mol. The van der Waals surface area contributed by atoms with Crippen LogP contribution in [0.15, 0.2) is 60.2 Å². The molecule has 0 spiro atoms. The molecule has 16 heteroatoms. The predicted molar refractivity (Wildman–Crippen MR) is 209 cm³/mol. The summed E-state index contributed by atoms with van der Waals surface area (Å²) in [6, 6.07) is 8.87. The Morgan fingerprint density at radius 2 is 1.56 bits per heavy atom. The molecule has 59 heavy (non-hydrogen) atoms. The Kier molecular flexibility index (Phi) is 19.2. The summed E-state index contributed by atoms with van der Waals surface area (Å²) in [5.74, 6) is -3.92. The number of carbonyl (C=O) groups excluding carboxylic acids is 5. The summed E-state index contributed by atoms with van der Waals surface area (Å²) in [4.78, 5) is 64.1. The normalized spacial score (nSPS) is 32.1. The number of ether oxygens (including phenoxy) is 9. The maximum Gasteiger partial charge on any atom is 0.333 e. The maximum absolute atomic E-state index is 13.3. The summed E-state index contributed by atoms with van der Waals surface area (Å²) < 4.78 is 53.0. The number of allylic oxidation sites excluding steroid dienone is 1. The lowest BCUT2D eigenvalue weighted by Crippen LogP contribution is -2.65. The minimum Gasteiger partial charge on any atom is -0.465 e. The number of aliphatic hydroxyl groups is 2. The molecule has 11 atom stereocenters. The van der Waals surface area contributed by atoms with Gasteiger partial charge in [0.15, 0.2) is 30.9 Å². The van der Waals surface area contributed by atoms with E-state index in [9.17, 15) is 34.2 Å². The molecule has 0 aromatic heterocycles. The highest BCUT2D eigenvalue weighted by Gasteiger charge is 2.55. The highest BCUT2D eigenvalue weighted by Crippen LogP contribution is 2.34. The van der Waals surface area contributed by atoms with Crippen LogP contribution in [0.2, 0.25) is 0 Å². The van der Waals surface area contributed by atoms with Crippen molar-refractivity contribution in [2.45, 2.75) is 154 Å². The number of unbranched alkanes of at least 4 members (excludes halogenated alkanes) is 2. The average Bonchev–Trinajstić information content (AvgIpc) is 3.21. The van der Waals surface area contributed by atoms with Gasteiger partial charge in [-0.05, 0) is 51.7 Å². The summed E-state index contributed by atoms with van der Waals surface area (Å²) in [5, 5.41) is 23.7. The molecule has 3 aliphatic heterocycles. The maximum atomic E-state index is 13.3. The fraction of sp³-hybridized carbons (Fsp3) is 0.605. The molecule has 4 rings (SSSR count). The lowest BCUT2D eigenvalue weighted by atomic mass is 9.96. The van der Waals surface area contributed by atoms with E-state index in [1.54, 1.807) is 44.2 Å². The highest BCUT2D eigenvalue weighted by atomic mass is 16.8. The van der Waals surface area contributed by atoms with Gasteiger partial charge in [0.1, 0.15) is 31.0 Å². The van der Waals surface area contributed by atoms with Crippen LogP contribution < -0.4 is 0 Å². The van der Waals surface area contributed by atoms with Crippen LogP contribution in [0.25, 0.3) is 6.08 Å². The summed E-state index contributed by atoms with van der Waals surface area (Å²) >= 11 is 0. The largest absolute Gasteiger partial charge is 0.465 e. The lowest BCUT2D eigenvalue weighted by Gasteiger charge is -2.47. The molecule has 0 amide bonds. The van der Waals surface area contributed by atoms with E-state index in [-0.39, 0.29) is 25.0 Å². The van der Waals surface area contributed by atoms with Gasteiger partial charge in [0, 0.05) is 18.6 Å². The Morgan fingerprint density at radius 3 is 2.25 bits per heavy atom. The van der Waals surface area contributed by atoms with Crippen molar-refractivity contribution in [1.29, 1.82) is 0 Å². The van der Waals surface area contributed by atoms with Gasteiger partial charge in [-0.25, -0.2) is 9.59 Å². The Morgan fingerprint density at radius 1 is 0.831 bits per heavy atom. The number of hydrogen-bond acceptors (Lipinski definition) is 16. The monoisotopic (exact) mass is 830 g/mol. The molecular formula is C43H58O16. The first kappa shape index (κ1) is 47.2. The van der Waals surface area contributed by atoms with Crippen LogP contribution in [0, 0.1) is 0 Å². The summed E-state index contributed by atoms with van der Waals surface area (Å²) in [7, 11) is 0. The smallest absolute Gasteiger partial charge is 0.333 e. The van der Waals surface area contributed by atoms with Crippen LogP contribution in [0.3, 0.4) is 0 Å². The van der Waals surface area contributed by atoms with E-state index in [4.69, 9.17) is 42.6 Å². The zero-order chi connectivity index (χ0) is 42.9. The van der Waals surface area contributed by atoms with Crippen molar-refractivity contribution in [3.05, 3.63) is 65.8 Å². The molecule has 3 aliphatic rings. The molecule has 1 aromatic rings. The molecule has 2 N–H and O–H groups in total. The Hall–Kier alpha value is -4.45. The van der Waals surface area contributed by atoms with E-state index < -0.39 is 104 Å². The van der Waals surface area contributed by atoms with E-state index >= 15 is 0 Å². The van der Waals surface area contributed by atoms with E-state index in [0.29, 0.717) is 24.8 Å². The van der Waals surface area contributed by atoms with Crippen molar-refractivity contribution in [3.63, 3.8) is 0 Å². The molecule has 2 saturated heterocycles. The molecule has 2 fully saturated rings. The molecule has 326 valence electrons. The summed E-state index contributed by atoms with van der Waals surface area (Å²) in [5.41, 5.74) is 0.832. The quantitative estimate of drug-likeness (QED) is 0.111. The van der Waals surface area contributed by atoms with Gasteiger partial charge in [-0.15, -0.1) is 0 Å². The first-order valence-electron chi connectivity index (χ1n) is 20.2. The number of fused-ring (bicyclic) bond motifs is 3. The third-order valence-corrected chi connectivity index (χ3v) is 9.93. The van der Waals surface area contributed by atoms with Gasteiger partial charge in [0.05, 0.1) is 31.7 Å². The molecule has 0 aliphatic carbocycles. The SMILES string of the molecule is C/C=C(\C)C(=O)O[C@@H]1[C@@H](O)[C@@H]2O[C@H]3[C@H](O[C@@H](CCCCC)C/C=C\CCOC(=O)CCC(=O)OC[C@@H](O2)[C@H]1OC(=O)/C=C/c1ccccc1)O[C@H](C)[C@H](OC(C)=O)[C@@H]3O. The van der Waals surface area contributed by atoms with Crippen molar-refractivity contribution in [1.82, 2.24) is 0 Å². The van der Waals surface area contributed by atoms with Gasteiger partial charge in [-0.1, -0.05) is 74.7 Å². The van der Waals surface area contributed by atoms with Crippen LogP contribution >= 0.6 is 0 Å². The van der Waals surface area contributed by atoms with Crippen LogP contribution in [0.4, 0.5) is 0 Å². The van der Waals surface area contributed by atoms with Crippen LogP contribution in [0.1, 0.15) is 91.5 Å². The van der Waals surface area contributed by atoms with E-state index in [0.717, 1.165) is 25.3 Å². The number of esters is 5. The Bertz CT molecular complexity index is 1620. The third-order valence-electron chi connectivity index (χ3n) is 9.93. The average molecular weight is 831 g/mol. The number of hydrogen-bond donors (Lipinski definition) is 2. The first-order valence-corrected chi connectivity index (χ1v) is 20.2. The molecule has 2 bridgehead atoms. The number of carbonyl (C=O) groups is 5. The number of aliphatic hydroxyl groups excluding tert-OH is 2. The molecule has 3 heterocycles. The lowest BCUT2D eigenvalue weighted by molar-refractivity contribution is -0.369. The molecule has 0 radical (unpaired) electrons. The van der Waals surface area contributed by atoms with E-state index in [1.165, 1.54) is 26.0 Å². The van der Waals surface area contributed by atoms with Gasteiger partial charge in [-0.2, -0.15) is 0 Å². The van der Waals surface area contributed by atoms with Gasteiger partial charge < -0.3 is 52.8 Å². The Balaban J connectivity index is 1.76. The standard InChI is InChI=1S/C43H58O16/c1-6-8-11-18-30-19-14-10-15-24-51-32(45)22-23-33(46)52-25-31-38(57-34(47)21-20-29-16-12-9-13-17-29)39(58-41(50)26(3)7-2)36(49)42(56-31)59-40-35(48)37(54-28(5)44)27(4)53-43(40)55-30/h7,9-10,12-14,16-17,20-21,27,30-31,35-40,42-43,48-49H,6,8,11,15,18-19,22-25H2,1-5H3/b14-10-,21-20+,26-7+/t27-,30+,31-,35+,36-,37+,38-,39-,40-,42+,43+/m1/s1. The van der Waals surface area contributed by atoms with Crippen molar-refractivity contribution < 1.29 is 76.8 Å². The fourth-order valence-corrected chi connectivity index (χ4v) is 6.60. The van der Waals surface area contributed by atoms with Gasteiger partial charge in [0.25, 0.3) is 0 Å². The van der Waals surface area contributed by atoms with Crippen molar-refractivity contribution in [2.75, 3.05) is 13.2 Å². The van der Waals surface area contributed by atoms with Crippen molar-refractivity contribution in [3.8, 4) is 0 Å². The number of cyclic esters (lactones) is 2. The molecule has 0 unspecified atom stereocenters. The number of rotatable bonds is 10. The minimum atomic E-state index is -1.90. The van der Waals surface area contributed by atoms with Gasteiger partial charge in [0.2, 0.25) is 0 Å². The fourth-order valence-electron chi connectivity index (χ4n) is 6.60. The van der Waals surface area contributed by atoms with E-state index in [1.807, 2.05) is 12.2 Å². The zero-order valence-electron chi connectivity index (χ0n) is 34.3. The minimum absolute atomic E-state index is 0.0762. The highest BCUT2D eigenvalue weighted by molar-refractivity contribution is 5.88. The second kappa shape index (κ2) is 24.0. The Labute approximate surface area is 344 Å². The van der Waals surface area contributed by atoms with Gasteiger partial charge in [-0.3, -0.25) is 14.4 Å². The van der Waals surface area contributed by atoms with Crippen molar-refractivity contribution >= 4 is 35.9 Å². The van der Waals surface area contributed by atoms with Gasteiger partial charge >= 0.3 is 29.8 Å². The second-order valence-corrected chi connectivity index (χ2v) is 14.5. The zero-order valence-corrected chi connectivity index (χ0v) is 34.3. The number of benzene rings is 1. The molecule has 16 nitrogen and oxygen atoms in total. The topological polar surface area (TPSA) is 209 Å². The van der Waals surface area contributed by atoms with Crippen LogP contribution in [-0.4, -0.2) is 121 Å². The second-order valence-electron chi connectivity index (χ2n) is 14.5. The first-order chi connectivity index (χ1) is 28.3. The molecule has 0 saturated carbocycles.